The fourth-order valence-corrected chi connectivity index (χ4v) is 4.33. The standard InChI is InChI=1S/C28H31ClN8O3S/c29-21-7-2-4-9-23(21)36-27-34-17-20(25(37-27)30-12-5-13-32-28(41)33-15-11-24(38)39)26(40)31-14-10-19-16-18-6-1-3-8-22(18)35-19/h1-4,6-9,16-17,35H,5,10-15H2,(H,31,40)(H,38,39)(H2,32,33,41)(H2,30,34,36,37). The molecule has 41 heavy (non-hydrogen) atoms. The molecule has 0 aliphatic carbocycles. The number of carbonyl (C=O) groups excluding carboxylic acids is 1. The molecule has 4 rings (SSSR count). The number of nitrogens with one attached hydrogen (secondary N) is 6. The molecule has 13 heteroatoms. The van der Waals surface area contributed by atoms with Crippen LogP contribution in [0.1, 0.15) is 28.9 Å². The average molecular weight is 595 g/mol. The topological polar surface area (TPSA) is 156 Å². The highest BCUT2D eigenvalue weighted by Crippen LogP contribution is 2.24. The molecule has 1 amide bonds. The van der Waals surface area contributed by atoms with Gasteiger partial charge < -0.3 is 36.7 Å². The molecule has 11 nitrogen and oxygen atoms in total. The first-order valence-electron chi connectivity index (χ1n) is 13.1. The lowest BCUT2D eigenvalue weighted by Gasteiger charge is -2.14. The van der Waals surface area contributed by atoms with Crippen LogP contribution in [0.2, 0.25) is 5.02 Å². The Morgan fingerprint density at radius 2 is 1.76 bits per heavy atom. The van der Waals surface area contributed by atoms with E-state index < -0.39 is 5.97 Å². The number of fused-ring (bicyclic) bond motifs is 1. The lowest BCUT2D eigenvalue weighted by atomic mass is 10.2. The number of thiocarbonyl (C=S) groups is 1. The van der Waals surface area contributed by atoms with Crippen LogP contribution in [0.4, 0.5) is 17.5 Å². The molecule has 4 aromatic rings. The molecule has 2 aromatic carbocycles. The van der Waals surface area contributed by atoms with Gasteiger partial charge in [0, 0.05) is 50.0 Å². The van der Waals surface area contributed by atoms with Crippen LogP contribution < -0.4 is 26.6 Å². The van der Waals surface area contributed by atoms with Crippen LogP contribution in [-0.2, 0) is 11.2 Å². The largest absolute Gasteiger partial charge is 0.481 e. The third-order valence-corrected chi connectivity index (χ3v) is 6.59. The summed E-state index contributed by atoms with van der Waals surface area (Å²) in [6.45, 7) is 1.71. The van der Waals surface area contributed by atoms with Crippen molar-refractivity contribution in [3.05, 3.63) is 77.1 Å². The number of benzene rings is 2. The molecule has 0 spiro atoms. The third kappa shape index (κ3) is 9.05. The van der Waals surface area contributed by atoms with Gasteiger partial charge in [0.2, 0.25) is 5.95 Å². The number of rotatable bonds is 14. The SMILES string of the molecule is O=C(O)CCNC(=S)NCCCNc1nc(Nc2ccccc2Cl)ncc1C(=O)NCCc1cc2ccccc2[nH]1. The summed E-state index contributed by atoms with van der Waals surface area (Å²) in [6, 6.07) is 17.3. The van der Waals surface area contributed by atoms with Crippen LogP contribution >= 0.6 is 23.8 Å². The lowest BCUT2D eigenvalue weighted by molar-refractivity contribution is -0.136. The Balaban J connectivity index is 1.35. The molecule has 214 valence electrons. The average Bonchev–Trinajstić information content (AvgIpc) is 3.37. The first-order chi connectivity index (χ1) is 19.9. The van der Waals surface area contributed by atoms with Gasteiger partial charge in [-0.3, -0.25) is 9.59 Å². The monoisotopic (exact) mass is 594 g/mol. The van der Waals surface area contributed by atoms with Gasteiger partial charge in [-0.05, 0) is 48.3 Å². The molecule has 0 unspecified atom stereocenters. The number of amides is 1. The zero-order chi connectivity index (χ0) is 29.0. The second kappa shape index (κ2) is 14.8. The smallest absolute Gasteiger partial charge is 0.305 e. The molecular weight excluding hydrogens is 564 g/mol. The molecule has 0 atom stereocenters. The van der Waals surface area contributed by atoms with E-state index in [9.17, 15) is 9.59 Å². The zero-order valence-electron chi connectivity index (χ0n) is 22.2. The van der Waals surface area contributed by atoms with Crippen molar-refractivity contribution in [3.63, 3.8) is 0 Å². The fraction of sp³-hybridized carbons (Fsp3) is 0.250. The number of H-pyrrole nitrogens is 1. The Morgan fingerprint density at radius 3 is 2.56 bits per heavy atom. The number of aromatic amines is 1. The maximum Gasteiger partial charge on any atom is 0.305 e. The van der Waals surface area contributed by atoms with Crippen molar-refractivity contribution in [2.45, 2.75) is 19.3 Å². The second-order valence-electron chi connectivity index (χ2n) is 9.06. The Kier molecular flexibility index (Phi) is 10.7. The van der Waals surface area contributed by atoms with Crippen LogP contribution in [0.5, 0.6) is 0 Å². The van der Waals surface area contributed by atoms with E-state index in [1.165, 1.54) is 6.20 Å². The minimum atomic E-state index is -0.893. The van der Waals surface area contributed by atoms with E-state index >= 15 is 0 Å². The number of para-hydroxylation sites is 2. The number of halogens is 1. The predicted octanol–water partition coefficient (Wildman–Crippen LogP) is 4.07. The first kappa shape index (κ1) is 29.6. The van der Waals surface area contributed by atoms with Crippen molar-refractivity contribution >= 4 is 69.2 Å². The van der Waals surface area contributed by atoms with Crippen molar-refractivity contribution in [1.82, 2.24) is 30.9 Å². The van der Waals surface area contributed by atoms with Crippen molar-refractivity contribution in [2.24, 2.45) is 0 Å². The zero-order valence-corrected chi connectivity index (χ0v) is 23.7. The number of nitrogens with zero attached hydrogens (tertiary/aromatic N) is 2. The van der Waals surface area contributed by atoms with Gasteiger partial charge in [-0.2, -0.15) is 4.98 Å². The van der Waals surface area contributed by atoms with Gasteiger partial charge in [-0.25, -0.2) is 4.98 Å². The molecule has 0 aliphatic rings. The van der Waals surface area contributed by atoms with Crippen LogP contribution in [0.15, 0.2) is 60.8 Å². The maximum atomic E-state index is 13.1. The van der Waals surface area contributed by atoms with Crippen molar-refractivity contribution < 1.29 is 14.7 Å². The Labute approximate surface area is 247 Å². The highest BCUT2D eigenvalue weighted by atomic mass is 35.5. The number of anilines is 3. The summed E-state index contributed by atoms with van der Waals surface area (Å²) >= 11 is 11.4. The molecule has 7 N–H and O–H groups in total. The number of hydrogen-bond acceptors (Lipinski definition) is 7. The van der Waals surface area contributed by atoms with E-state index in [4.69, 9.17) is 28.9 Å². The molecular formula is C28H31ClN8O3S. The summed E-state index contributed by atoms with van der Waals surface area (Å²) in [5.74, 6) is -0.526. The molecule has 0 fully saturated rings. The van der Waals surface area contributed by atoms with Gasteiger partial charge >= 0.3 is 5.97 Å². The minimum absolute atomic E-state index is 0.0196. The van der Waals surface area contributed by atoms with Crippen molar-refractivity contribution in [1.29, 1.82) is 0 Å². The summed E-state index contributed by atoms with van der Waals surface area (Å²) in [5.41, 5.74) is 3.04. The molecule has 0 bridgehead atoms. The number of carboxylic acid groups (broad SMARTS) is 1. The van der Waals surface area contributed by atoms with Crippen LogP contribution in [0, 0.1) is 0 Å². The van der Waals surface area contributed by atoms with Crippen LogP contribution in [0.25, 0.3) is 10.9 Å². The minimum Gasteiger partial charge on any atom is -0.481 e. The maximum absolute atomic E-state index is 13.1. The highest BCUT2D eigenvalue weighted by molar-refractivity contribution is 7.80. The van der Waals surface area contributed by atoms with Gasteiger partial charge in [-0.1, -0.05) is 41.9 Å². The van der Waals surface area contributed by atoms with Crippen molar-refractivity contribution in [3.8, 4) is 0 Å². The van der Waals surface area contributed by atoms with E-state index in [2.05, 4.69) is 47.6 Å². The van der Waals surface area contributed by atoms with Crippen LogP contribution in [0.3, 0.4) is 0 Å². The summed E-state index contributed by atoms with van der Waals surface area (Å²) < 4.78 is 0. The quantitative estimate of drug-likeness (QED) is 0.0839. The first-order valence-corrected chi connectivity index (χ1v) is 13.9. The molecule has 0 saturated carbocycles. The van der Waals surface area contributed by atoms with Gasteiger partial charge in [0.25, 0.3) is 5.91 Å². The van der Waals surface area contributed by atoms with Gasteiger partial charge in [-0.15, -0.1) is 0 Å². The second-order valence-corrected chi connectivity index (χ2v) is 9.87. The van der Waals surface area contributed by atoms with Crippen LogP contribution in [-0.4, -0.2) is 63.2 Å². The molecule has 0 radical (unpaired) electrons. The predicted molar refractivity (Wildman–Crippen MR) is 165 cm³/mol. The van der Waals surface area contributed by atoms with Gasteiger partial charge in [0.05, 0.1) is 17.1 Å². The number of carboxylic acids is 1. The molecule has 2 heterocycles. The fourth-order valence-electron chi connectivity index (χ4n) is 3.94. The molecule has 0 aliphatic heterocycles. The Morgan fingerprint density at radius 1 is 0.976 bits per heavy atom. The number of carbonyl (C=O) groups is 2. The van der Waals surface area contributed by atoms with E-state index in [0.717, 1.165) is 16.6 Å². The summed E-state index contributed by atoms with van der Waals surface area (Å²) in [7, 11) is 0. The van der Waals surface area contributed by atoms with Gasteiger partial charge in [0.1, 0.15) is 11.4 Å². The Bertz CT molecular complexity index is 1480. The summed E-state index contributed by atoms with van der Waals surface area (Å²) in [5, 5.41) is 25.9. The van der Waals surface area contributed by atoms with Crippen molar-refractivity contribution in [2.75, 3.05) is 36.8 Å². The van der Waals surface area contributed by atoms with E-state index in [-0.39, 0.29) is 24.8 Å². The van der Waals surface area contributed by atoms with E-state index in [0.29, 0.717) is 59.7 Å². The number of aliphatic carboxylic acids is 1. The summed E-state index contributed by atoms with van der Waals surface area (Å²) in [6.07, 6.45) is 2.75. The van der Waals surface area contributed by atoms with Gasteiger partial charge in [0.15, 0.2) is 5.11 Å². The summed E-state index contributed by atoms with van der Waals surface area (Å²) in [4.78, 5) is 36.0. The number of aromatic nitrogens is 3. The van der Waals surface area contributed by atoms with E-state index in [1.807, 2.05) is 42.5 Å². The lowest BCUT2D eigenvalue weighted by Crippen LogP contribution is -2.37. The van der Waals surface area contributed by atoms with E-state index in [1.54, 1.807) is 6.07 Å². The normalized spacial score (nSPS) is 10.7. The molecule has 2 aromatic heterocycles. The molecule has 0 saturated heterocycles. The third-order valence-electron chi connectivity index (χ3n) is 5.98. The highest BCUT2D eigenvalue weighted by Gasteiger charge is 2.15. The Hall–Kier alpha value is -4.42. The number of hydrogen-bond donors (Lipinski definition) is 7.